The minimum atomic E-state index is -3.53. The van der Waals surface area contributed by atoms with Crippen LogP contribution in [0.5, 0.6) is 0 Å². The smallest absolute Gasteiger partial charge is 0.242 e. The topological polar surface area (TPSA) is 88.3 Å². The molecule has 0 radical (unpaired) electrons. The maximum Gasteiger partial charge on any atom is 0.242 e. The lowest BCUT2D eigenvalue weighted by molar-refractivity contribution is 0.407. The average molecular weight is 270 g/mol. The SMILES string of the molecule is CN1CCC(NS(=O)(=O)c2cccnc2CN)C1. The first kappa shape index (κ1) is 13.4. The first-order chi connectivity index (χ1) is 8.53. The summed E-state index contributed by atoms with van der Waals surface area (Å²) in [5.41, 5.74) is 5.91. The number of rotatable bonds is 4. The zero-order valence-corrected chi connectivity index (χ0v) is 11.2. The Kier molecular flexibility index (Phi) is 3.96. The van der Waals surface area contributed by atoms with E-state index in [2.05, 4.69) is 14.6 Å². The van der Waals surface area contributed by atoms with Crippen molar-refractivity contribution >= 4 is 10.0 Å². The van der Waals surface area contributed by atoms with Crippen LogP contribution in [0.3, 0.4) is 0 Å². The van der Waals surface area contributed by atoms with Crippen molar-refractivity contribution in [3.8, 4) is 0 Å². The van der Waals surface area contributed by atoms with Crippen LogP contribution in [0.15, 0.2) is 23.2 Å². The van der Waals surface area contributed by atoms with Crippen LogP contribution < -0.4 is 10.5 Å². The van der Waals surface area contributed by atoms with Crippen molar-refractivity contribution in [3.05, 3.63) is 24.0 Å². The van der Waals surface area contributed by atoms with Gasteiger partial charge >= 0.3 is 0 Å². The molecule has 100 valence electrons. The molecule has 1 saturated heterocycles. The van der Waals surface area contributed by atoms with Crippen LogP contribution in [0.25, 0.3) is 0 Å². The number of sulfonamides is 1. The highest BCUT2D eigenvalue weighted by atomic mass is 32.2. The molecule has 18 heavy (non-hydrogen) atoms. The fourth-order valence-electron chi connectivity index (χ4n) is 2.14. The lowest BCUT2D eigenvalue weighted by Crippen LogP contribution is -2.37. The molecule has 1 aromatic heterocycles. The third-order valence-electron chi connectivity index (χ3n) is 3.04. The molecule has 0 aliphatic carbocycles. The van der Waals surface area contributed by atoms with Gasteiger partial charge in [0.05, 0.1) is 5.69 Å². The van der Waals surface area contributed by atoms with Crippen molar-refractivity contribution in [2.45, 2.75) is 23.9 Å². The van der Waals surface area contributed by atoms with Gasteiger partial charge < -0.3 is 10.6 Å². The van der Waals surface area contributed by atoms with Gasteiger partial charge in [-0.1, -0.05) is 0 Å². The predicted octanol–water partition coefficient (Wildman–Crippen LogP) is -0.477. The van der Waals surface area contributed by atoms with Crippen LogP contribution in [0, 0.1) is 0 Å². The van der Waals surface area contributed by atoms with Gasteiger partial charge in [0, 0.05) is 25.3 Å². The number of pyridine rings is 1. The number of likely N-dealkylation sites (N-methyl/N-ethyl adjacent to an activating group) is 1. The van der Waals surface area contributed by atoms with Crippen molar-refractivity contribution in [2.75, 3.05) is 20.1 Å². The number of aromatic nitrogens is 1. The van der Waals surface area contributed by atoms with Crippen molar-refractivity contribution in [2.24, 2.45) is 5.73 Å². The molecule has 0 aromatic carbocycles. The largest absolute Gasteiger partial charge is 0.325 e. The highest BCUT2D eigenvalue weighted by Crippen LogP contribution is 2.15. The van der Waals surface area contributed by atoms with Crippen molar-refractivity contribution in [1.29, 1.82) is 0 Å². The molecule has 1 aliphatic heterocycles. The third kappa shape index (κ3) is 2.86. The van der Waals surface area contributed by atoms with Crippen LogP contribution in [0.4, 0.5) is 0 Å². The molecule has 6 nitrogen and oxygen atoms in total. The van der Waals surface area contributed by atoms with E-state index >= 15 is 0 Å². The number of hydrogen-bond donors (Lipinski definition) is 2. The molecule has 1 aromatic rings. The minimum Gasteiger partial charge on any atom is -0.325 e. The summed E-state index contributed by atoms with van der Waals surface area (Å²) >= 11 is 0. The first-order valence-electron chi connectivity index (χ1n) is 5.88. The van der Waals surface area contributed by atoms with Crippen molar-refractivity contribution in [3.63, 3.8) is 0 Å². The Morgan fingerprint density at radius 3 is 3.00 bits per heavy atom. The van der Waals surface area contributed by atoms with Gasteiger partial charge in [-0.2, -0.15) is 0 Å². The highest BCUT2D eigenvalue weighted by molar-refractivity contribution is 7.89. The molecule has 2 heterocycles. The van der Waals surface area contributed by atoms with Gasteiger partial charge in [0.25, 0.3) is 0 Å². The van der Waals surface area contributed by atoms with E-state index in [-0.39, 0.29) is 17.5 Å². The molecular formula is C11H18N4O2S. The Morgan fingerprint density at radius 1 is 1.61 bits per heavy atom. The number of nitrogens with zero attached hydrogens (tertiary/aromatic N) is 2. The average Bonchev–Trinajstić information content (AvgIpc) is 2.74. The van der Waals surface area contributed by atoms with E-state index in [1.54, 1.807) is 12.3 Å². The van der Waals surface area contributed by atoms with Gasteiger partial charge in [0.1, 0.15) is 4.90 Å². The van der Waals surface area contributed by atoms with E-state index < -0.39 is 10.0 Å². The summed E-state index contributed by atoms with van der Waals surface area (Å²) in [6.45, 7) is 1.75. The molecule has 0 amide bonds. The summed E-state index contributed by atoms with van der Waals surface area (Å²) < 4.78 is 27.2. The molecule has 2 rings (SSSR count). The molecule has 3 N–H and O–H groups in total. The molecule has 1 aliphatic rings. The van der Waals surface area contributed by atoms with E-state index in [9.17, 15) is 8.42 Å². The molecule has 7 heteroatoms. The summed E-state index contributed by atoms with van der Waals surface area (Å²) in [6, 6.07) is 3.11. The zero-order valence-electron chi connectivity index (χ0n) is 10.3. The first-order valence-corrected chi connectivity index (χ1v) is 7.36. The van der Waals surface area contributed by atoms with E-state index in [0.717, 1.165) is 19.5 Å². The van der Waals surface area contributed by atoms with Crippen LogP contribution in [-0.4, -0.2) is 44.5 Å². The summed E-state index contributed by atoms with van der Waals surface area (Å²) in [5.74, 6) is 0. The van der Waals surface area contributed by atoms with Gasteiger partial charge in [-0.25, -0.2) is 13.1 Å². The van der Waals surface area contributed by atoms with E-state index in [1.165, 1.54) is 6.07 Å². The summed E-state index contributed by atoms with van der Waals surface area (Å²) in [6.07, 6.45) is 2.37. The van der Waals surface area contributed by atoms with Crippen LogP contribution in [-0.2, 0) is 16.6 Å². The molecule has 0 spiro atoms. The molecule has 0 bridgehead atoms. The lowest BCUT2D eigenvalue weighted by atomic mass is 10.3. The second-order valence-electron chi connectivity index (χ2n) is 4.52. The fourth-order valence-corrected chi connectivity index (χ4v) is 3.60. The second kappa shape index (κ2) is 5.31. The van der Waals surface area contributed by atoms with Gasteiger partial charge in [-0.3, -0.25) is 4.98 Å². The Morgan fingerprint density at radius 2 is 2.39 bits per heavy atom. The van der Waals surface area contributed by atoms with Gasteiger partial charge in [-0.05, 0) is 32.1 Å². The van der Waals surface area contributed by atoms with E-state index in [1.807, 2.05) is 7.05 Å². The molecule has 1 unspecified atom stereocenters. The minimum absolute atomic E-state index is 0.0363. The molecular weight excluding hydrogens is 252 g/mol. The maximum absolute atomic E-state index is 12.2. The number of nitrogens with two attached hydrogens (primary N) is 1. The standard InChI is InChI=1S/C11H18N4O2S/c1-15-6-4-9(8-15)14-18(16,17)11-3-2-5-13-10(11)7-12/h2-3,5,9,14H,4,6-8,12H2,1H3. The van der Waals surface area contributed by atoms with Crippen molar-refractivity contribution < 1.29 is 8.42 Å². The Labute approximate surface area is 107 Å². The normalized spacial score (nSPS) is 21.3. The molecule has 1 fully saturated rings. The molecule has 1 atom stereocenters. The Bertz CT molecular complexity index is 518. The van der Waals surface area contributed by atoms with Crippen molar-refractivity contribution in [1.82, 2.24) is 14.6 Å². The number of hydrogen-bond acceptors (Lipinski definition) is 5. The summed E-state index contributed by atoms with van der Waals surface area (Å²) in [7, 11) is -1.55. The Balaban J connectivity index is 2.20. The number of nitrogens with one attached hydrogen (secondary N) is 1. The summed E-state index contributed by atoms with van der Waals surface area (Å²) in [4.78, 5) is 6.28. The van der Waals surface area contributed by atoms with Crippen LogP contribution in [0.2, 0.25) is 0 Å². The van der Waals surface area contributed by atoms with Crippen LogP contribution >= 0.6 is 0 Å². The van der Waals surface area contributed by atoms with E-state index in [0.29, 0.717) is 5.69 Å². The Hall–Kier alpha value is -1.02. The lowest BCUT2D eigenvalue weighted by Gasteiger charge is -2.14. The second-order valence-corrected chi connectivity index (χ2v) is 6.20. The fraction of sp³-hybridized carbons (Fsp3) is 0.545. The van der Waals surface area contributed by atoms with Crippen LogP contribution in [0.1, 0.15) is 12.1 Å². The van der Waals surface area contributed by atoms with Gasteiger partial charge in [-0.15, -0.1) is 0 Å². The highest BCUT2D eigenvalue weighted by Gasteiger charge is 2.26. The zero-order chi connectivity index (χ0) is 13.2. The monoisotopic (exact) mass is 270 g/mol. The molecule has 0 saturated carbocycles. The maximum atomic E-state index is 12.2. The summed E-state index contributed by atoms with van der Waals surface area (Å²) in [5, 5.41) is 0. The quantitative estimate of drug-likeness (QED) is 0.771. The third-order valence-corrected chi connectivity index (χ3v) is 4.64. The number of likely N-dealkylation sites (tertiary alicyclic amines) is 1. The van der Waals surface area contributed by atoms with Gasteiger partial charge in [0.15, 0.2) is 0 Å². The van der Waals surface area contributed by atoms with Gasteiger partial charge in [0.2, 0.25) is 10.0 Å². The predicted molar refractivity (Wildman–Crippen MR) is 68.4 cm³/mol. The van der Waals surface area contributed by atoms with E-state index in [4.69, 9.17) is 5.73 Å².